The molecule has 96 valence electrons. The quantitative estimate of drug-likeness (QED) is 0.844. The van der Waals surface area contributed by atoms with E-state index < -0.39 is 0 Å². The summed E-state index contributed by atoms with van der Waals surface area (Å²) in [5, 5.41) is 8.01. The number of hydrogen-bond acceptors (Lipinski definition) is 5. The second-order valence-electron chi connectivity index (χ2n) is 4.76. The molecule has 1 saturated heterocycles. The van der Waals surface area contributed by atoms with Crippen LogP contribution < -0.4 is 10.6 Å². The lowest BCUT2D eigenvalue weighted by Crippen LogP contribution is -2.49. The minimum atomic E-state index is 0.0855. The molecule has 1 fully saturated rings. The van der Waals surface area contributed by atoms with Crippen molar-refractivity contribution in [3.63, 3.8) is 0 Å². The third-order valence-corrected chi connectivity index (χ3v) is 4.39. The molecule has 0 amide bonds. The molecule has 17 heavy (non-hydrogen) atoms. The fourth-order valence-electron chi connectivity index (χ4n) is 2.26. The third-order valence-electron chi connectivity index (χ3n) is 3.36. The second kappa shape index (κ2) is 5.33. The first-order valence-corrected chi connectivity index (χ1v) is 6.89. The van der Waals surface area contributed by atoms with E-state index in [1.54, 1.807) is 18.4 Å². The molecule has 1 unspecified atom stereocenters. The first-order valence-electron chi connectivity index (χ1n) is 6.07. The number of nitrogens with zero attached hydrogens (tertiary/aromatic N) is 1. The fraction of sp³-hybridized carbons (Fsp3) is 0.750. The summed E-state index contributed by atoms with van der Waals surface area (Å²) in [5.74, 6) is 0. The van der Waals surface area contributed by atoms with Gasteiger partial charge < -0.3 is 15.4 Å². The summed E-state index contributed by atoms with van der Waals surface area (Å²) in [5.41, 5.74) is 1.21. The fourth-order valence-corrected chi connectivity index (χ4v) is 3.07. The van der Waals surface area contributed by atoms with Gasteiger partial charge in [-0.3, -0.25) is 0 Å². The number of thiazole rings is 1. The summed E-state index contributed by atoms with van der Waals surface area (Å²) >= 11 is 1.72. The number of nitrogens with one attached hydrogen (secondary N) is 2. The first-order chi connectivity index (χ1) is 8.15. The molecule has 4 nitrogen and oxygen atoms in total. The SMILES string of the molecule is COCC1(CNc2nc(C)c(C)s2)CCCN1. The summed E-state index contributed by atoms with van der Waals surface area (Å²) in [6.07, 6.45) is 2.39. The van der Waals surface area contributed by atoms with E-state index in [9.17, 15) is 0 Å². The van der Waals surface area contributed by atoms with Crippen molar-refractivity contribution in [1.82, 2.24) is 10.3 Å². The van der Waals surface area contributed by atoms with Crippen molar-refractivity contribution in [2.75, 3.05) is 32.1 Å². The predicted molar refractivity (Wildman–Crippen MR) is 71.9 cm³/mol. The highest BCUT2D eigenvalue weighted by Gasteiger charge is 2.33. The van der Waals surface area contributed by atoms with Crippen LogP contribution in [0.15, 0.2) is 0 Å². The van der Waals surface area contributed by atoms with Gasteiger partial charge in [-0.1, -0.05) is 0 Å². The minimum absolute atomic E-state index is 0.0855. The Bertz CT molecular complexity index is 352. The predicted octanol–water partition coefficient (Wildman–Crippen LogP) is 1.94. The normalized spacial score (nSPS) is 24.2. The third kappa shape index (κ3) is 2.97. The molecule has 0 aromatic carbocycles. The lowest BCUT2D eigenvalue weighted by molar-refractivity contribution is 0.127. The molecule has 0 radical (unpaired) electrons. The van der Waals surface area contributed by atoms with E-state index in [0.29, 0.717) is 0 Å². The number of aryl methyl sites for hydroxylation is 2. The van der Waals surface area contributed by atoms with Gasteiger partial charge in [0, 0.05) is 18.5 Å². The Labute approximate surface area is 107 Å². The molecule has 0 spiro atoms. The molecule has 2 rings (SSSR count). The number of hydrogen-bond donors (Lipinski definition) is 2. The van der Waals surface area contributed by atoms with Crippen LogP contribution in [0, 0.1) is 13.8 Å². The van der Waals surface area contributed by atoms with Gasteiger partial charge in [-0.05, 0) is 33.2 Å². The molecule has 1 aromatic rings. The van der Waals surface area contributed by atoms with Gasteiger partial charge in [-0.15, -0.1) is 11.3 Å². The molecule has 5 heteroatoms. The van der Waals surface area contributed by atoms with E-state index in [0.717, 1.165) is 36.9 Å². The summed E-state index contributed by atoms with van der Waals surface area (Å²) in [6.45, 7) is 6.88. The van der Waals surface area contributed by atoms with Crippen molar-refractivity contribution in [1.29, 1.82) is 0 Å². The van der Waals surface area contributed by atoms with Crippen LogP contribution in [-0.4, -0.2) is 37.3 Å². The van der Waals surface area contributed by atoms with Crippen LogP contribution in [0.3, 0.4) is 0 Å². The summed E-state index contributed by atoms with van der Waals surface area (Å²) in [6, 6.07) is 0. The zero-order chi connectivity index (χ0) is 12.3. The average molecular weight is 255 g/mol. The molecule has 1 aliphatic heterocycles. The zero-order valence-corrected chi connectivity index (χ0v) is 11.6. The maximum absolute atomic E-state index is 5.33. The van der Waals surface area contributed by atoms with Crippen LogP contribution in [0.25, 0.3) is 0 Å². The molecule has 0 bridgehead atoms. The van der Waals surface area contributed by atoms with Crippen LogP contribution in [0.4, 0.5) is 5.13 Å². The first kappa shape index (κ1) is 12.8. The van der Waals surface area contributed by atoms with Crippen molar-refractivity contribution < 1.29 is 4.74 Å². The Morgan fingerprint density at radius 2 is 2.35 bits per heavy atom. The summed E-state index contributed by atoms with van der Waals surface area (Å²) in [7, 11) is 1.76. The Hall–Kier alpha value is -0.650. The molecule has 2 N–H and O–H groups in total. The van der Waals surface area contributed by atoms with E-state index in [2.05, 4.69) is 29.5 Å². The van der Waals surface area contributed by atoms with E-state index in [1.165, 1.54) is 11.3 Å². The van der Waals surface area contributed by atoms with Crippen LogP contribution in [-0.2, 0) is 4.74 Å². The van der Waals surface area contributed by atoms with Gasteiger partial charge in [-0.2, -0.15) is 0 Å². The Morgan fingerprint density at radius 1 is 1.53 bits per heavy atom. The highest BCUT2D eigenvalue weighted by Crippen LogP contribution is 2.24. The van der Waals surface area contributed by atoms with Crippen LogP contribution in [0.2, 0.25) is 0 Å². The highest BCUT2D eigenvalue weighted by molar-refractivity contribution is 7.15. The topological polar surface area (TPSA) is 46.2 Å². The van der Waals surface area contributed by atoms with E-state index >= 15 is 0 Å². The summed E-state index contributed by atoms with van der Waals surface area (Å²) in [4.78, 5) is 5.79. The average Bonchev–Trinajstić information content (AvgIpc) is 2.86. The van der Waals surface area contributed by atoms with Crippen molar-refractivity contribution in [2.45, 2.75) is 32.2 Å². The van der Waals surface area contributed by atoms with E-state index in [4.69, 9.17) is 4.74 Å². The van der Waals surface area contributed by atoms with Crippen molar-refractivity contribution in [2.24, 2.45) is 0 Å². The van der Waals surface area contributed by atoms with Gasteiger partial charge in [0.25, 0.3) is 0 Å². The lowest BCUT2D eigenvalue weighted by Gasteiger charge is -2.28. The van der Waals surface area contributed by atoms with E-state index in [-0.39, 0.29) is 5.54 Å². The number of ether oxygens (including phenoxy) is 1. The zero-order valence-electron chi connectivity index (χ0n) is 10.8. The van der Waals surface area contributed by atoms with Gasteiger partial charge in [0.1, 0.15) is 0 Å². The van der Waals surface area contributed by atoms with Gasteiger partial charge in [0.05, 0.1) is 17.8 Å². The molecule has 1 aliphatic rings. The minimum Gasteiger partial charge on any atom is -0.383 e. The lowest BCUT2D eigenvalue weighted by atomic mass is 9.99. The number of rotatable bonds is 5. The van der Waals surface area contributed by atoms with E-state index in [1.807, 2.05) is 0 Å². The monoisotopic (exact) mass is 255 g/mol. The summed E-state index contributed by atoms with van der Waals surface area (Å²) < 4.78 is 5.33. The van der Waals surface area contributed by atoms with Crippen LogP contribution in [0.5, 0.6) is 0 Å². The highest BCUT2D eigenvalue weighted by atomic mass is 32.1. The Morgan fingerprint density at radius 3 is 2.88 bits per heavy atom. The van der Waals surface area contributed by atoms with Crippen molar-refractivity contribution >= 4 is 16.5 Å². The molecule has 2 heterocycles. The Kier molecular flexibility index (Phi) is 4.01. The molecule has 1 atom stereocenters. The van der Waals surface area contributed by atoms with Crippen LogP contribution in [0.1, 0.15) is 23.4 Å². The van der Waals surface area contributed by atoms with Crippen molar-refractivity contribution in [3.05, 3.63) is 10.6 Å². The largest absolute Gasteiger partial charge is 0.383 e. The van der Waals surface area contributed by atoms with Gasteiger partial charge in [-0.25, -0.2) is 4.98 Å². The van der Waals surface area contributed by atoms with Gasteiger partial charge in [0.15, 0.2) is 5.13 Å². The maximum Gasteiger partial charge on any atom is 0.183 e. The van der Waals surface area contributed by atoms with Gasteiger partial charge >= 0.3 is 0 Å². The molecule has 0 aliphatic carbocycles. The maximum atomic E-state index is 5.33. The Balaban J connectivity index is 1.95. The number of methoxy groups -OCH3 is 1. The standard InChI is InChI=1S/C12H21N3OS/c1-9-10(2)17-11(15-9)13-7-12(8-16-3)5-4-6-14-12/h14H,4-8H2,1-3H3,(H,13,15). The molecule has 0 saturated carbocycles. The smallest absolute Gasteiger partial charge is 0.183 e. The molecule has 1 aromatic heterocycles. The van der Waals surface area contributed by atoms with Crippen molar-refractivity contribution in [3.8, 4) is 0 Å². The molecular formula is C12H21N3OS. The van der Waals surface area contributed by atoms with Crippen LogP contribution >= 0.6 is 11.3 Å². The number of aromatic nitrogens is 1. The van der Waals surface area contributed by atoms with Gasteiger partial charge in [0.2, 0.25) is 0 Å². The second-order valence-corrected chi connectivity index (χ2v) is 5.96. The molecular weight excluding hydrogens is 234 g/mol. The number of anilines is 1.